The molecule has 3 heteroatoms. The number of para-hydroxylation sites is 1. The molecule has 0 unspecified atom stereocenters. The number of hydrogen-bond acceptors (Lipinski definition) is 2. The summed E-state index contributed by atoms with van der Waals surface area (Å²) in [5.74, 6) is 1.65. The molecular formula is C36H23N3. The summed E-state index contributed by atoms with van der Waals surface area (Å²) in [4.78, 5) is 0. The average molecular weight is 498 g/mol. The van der Waals surface area contributed by atoms with E-state index in [-0.39, 0.29) is 0 Å². The molecule has 0 fully saturated rings. The Morgan fingerprint density at radius 1 is 0.385 bits per heavy atom. The summed E-state index contributed by atoms with van der Waals surface area (Å²) < 4.78 is 2.14. The molecule has 3 nitrogen and oxygen atoms in total. The van der Waals surface area contributed by atoms with Crippen LogP contribution >= 0.6 is 0 Å². The van der Waals surface area contributed by atoms with Gasteiger partial charge in [0.15, 0.2) is 11.6 Å². The van der Waals surface area contributed by atoms with E-state index < -0.39 is 0 Å². The second-order valence-corrected chi connectivity index (χ2v) is 9.93. The third-order valence-corrected chi connectivity index (χ3v) is 7.69. The summed E-state index contributed by atoms with van der Waals surface area (Å²) in [6.45, 7) is 0. The van der Waals surface area contributed by atoms with Gasteiger partial charge >= 0.3 is 0 Å². The fourth-order valence-corrected chi connectivity index (χ4v) is 5.85. The van der Waals surface area contributed by atoms with Gasteiger partial charge in [0.25, 0.3) is 0 Å². The molecule has 8 rings (SSSR count). The first-order valence-corrected chi connectivity index (χ1v) is 13.2. The Morgan fingerprint density at radius 2 is 0.923 bits per heavy atom. The summed E-state index contributed by atoms with van der Waals surface area (Å²) >= 11 is 0. The number of aromatic nitrogens is 3. The van der Waals surface area contributed by atoms with Gasteiger partial charge in [-0.15, -0.1) is 10.2 Å². The topological polar surface area (TPSA) is 30.7 Å². The van der Waals surface area contributed by atoms with Gasteiger partial charge in [0.1, 0.15) is 0 Å². The first kappa shape index (κ1) is 21.8. The van der Waals surface area contributed by atoms with E-state index in [1.807, 2.05) is 36.4 Å². The summed E-state index contributed by atoms with van der Waals surface area (Å²) in [6.07, 6.45) is 0. The van der Waals surface area contributed by atoms with Crippen LogP contribution in [-0.4, -0.2) is 14.8 Å². The molecule has 0 aliphatic heterocycles. The highest BCUT2D eigenvalue weighted by Crippen LogP contribution is 2.39. The van der Waals surface area contributed by atoms with E-state index in [0.29, 0.717) is 0 Å². The first-order valence-electron chi connectivity index (χ1n) is 13.2. The second-order valence-electron chi connectivity index (χ2n) is 9.93. The third-order valence-electron chi connectivity index (χ3n) is 7.69. The van der Waals surface area contributed by atoms with E-state index in [4.69, 9.17) is 0 Å². The maximum absolute atomic E-state index is 4.66. The fraction of sp³-hybridized carbons (Fsp3) is 0. The molecule has 8 aromatic rings. The molecule has 0 amide bonds. The zero-order chi connectivity index (χ0) is 25.8. The van der Waals surface area contributed by atoms with Crippen LogP contribution < -0.4 is 0 Å². The van der Waals surface area contributed by atoms with Crippen molar-refractivity contribution in [3.05, 3.63) is 140 Å². The SMILES string of the molecule is c1ccc(-c2nnc(-c3ccc(-c4ccc5ccc6cccc7ccc4c5c67)cc3)n2-c2ccccc2)cc1. The summed E-state index contributed by atoms with van der Waals surface area (Å²) in [5, 5.41) is 17.1. The van der Waals surface area contributed by atoms with Crippen molar-refractivity contribution >= 4 is 32.3 Å². The zero-order valence-corrected chi connectivity index (χ0v) is 21.1. The minimum atomic E-state index is 0.821. The van der Waals surface area contributed by atoms with Gasteiger partial charge < -0.3 is 0 Å². The lowest BCUT2D eigenvalue weighted by atomic mass is 9.90. The van der Waals surface area contributed by atoms with Crippen molar-refractivity contribution in [3.63, 3.8) is 0 Å². The molecule has 0 atom stereocenters. The van der Waals surface area contributed by atoms with Crippen LogP contribution in [-0.2, 0) is 0 Å². The first-order chi connectivity index (χ1) is 19.3. The molecule has 0 radical (unpaired) electrons. The molecule has 7 aromatic carbocycles. The molecule has 0 aliphatic carbocycles. The van der Waals surface area contributed by atoms with E-state index in [1.54, 1.807) is 0 Å². The van der Waals surface area contributed by atoms with Crippen molar-refractivity contribution in [3.8, 4) is 39.6 Å². The highest BCUT2D eigenvalue weighted by atomic mass is 15.3. The van der Waals surface area contributed by atoms with Crippen LogP contribution in [0.2, 0.25) is 0 Å². The Labute approximate surface area is 226 Å². The Kier molecular flexibility index (Phi) is 4.82. The Morgan fingerprint density at radius 3 is 1.62 bits per heavy atom. The molecule has 39 heavy (non-hydrogen) atoms. The summed E-state index contributed by atoms with van der Waals surface area (Å²) in [5.41, 5.74) is 5.51. The molecule has 0 saturated heterocycles. The molecule has 1 heterocycles. The minimum absolute atomic E-state index is 0.821. The van der Waals surface area contributed by atoms with Crippen molar-refractivity contribution < 1.29 is 0 Å². The normalized spacial score (nSPS) is 11.6. The number of hydrogen-bond donors (Lipinski definition) is 0. The lowest BCUT2D eigenvalue weighted by Crippen LogP contribution is -2.00. The van der Waals surface area contributed by atoms with Crippen molar-refractivity contribution in [2.75, 3.05) is 0 Å². The van der Waals surface area contributed by atoms with Gasteiger partial charge in [0.2, 0.25) is 0 Å². The Bertz CT molecular complexity index is 2070. The predicted molar refractivity (Wildman–Crippen MR) is 161 cm³/mol. The van der Waals surface area contributed by atoms with E-state index >= 15 is 0 Å². The van der Waals surface area contributed by atoms with Gasteiger partial charge in [-0.25, -0.2) is 0 Å². The fourth-order valence-electron chi connectivity index (χ4n) is 5.85. The molecule has 0 N–H and O–H groups in total. The average Bonchev–Trinajstić information content (AvgIpc) is 3.46. The molecule has 0 saturated carbocycles. The maximum Gasteiger partial charge on any atom is 0.168 e. The molecule has 182 valence electrons. The van der Waals surface area contributed by atoms with E-state index in [1.165, 1.54) is 43.4 Å². The van der Waals surface area contributed by atoms with Crippen LogP contribution in [0.4, 0.5) is 0 Å². The molecule has 1 aromatic heterocycles. The van der Waals surface area contributed by atoms with E-state index in [9.17, 15) is 0 Å². The van der Waals surface area contributed by atoms with Crippen molar-refractivity contribution in [2.24, 2.45) is 0 Å². The summed E-state index contributed by atoms with van der Waals surface area (Å²) in [7, 11) is 0. The van der Waals surface area contributed by atoms with Crippen molar-refractivity contribution in [2.45, 2.75) is 0 Å². The monoisotopic (exact) mass is 497 g/mol. The van der Waals surface area contributed by atoms with Crippen LogP contribution in [0, 0.1) is 0 Å². The van der Waals surface area contributed by atoms with Gasteiger partial charge in [0, 0.05) is 16.8 Å². The largest absolute Gasteiger partial charge is 0.275 e. The van der Waals surface area contributed by atoms with Crippen molar-refractivity contribution in [1.29, 1.82) is 0 Å². The molecular weight excluding hydrogens is 474 g/mol. The van der Waals surface area contributed by atoms with E-state index in [0.717, 1.165) is 28.5 Å². The molecule has 0 spiro atoms. The quantitative estimate of drug-likeness (QED) is 0.227. The van der Waals surface area contributed by atoms with Crippen LogP contribution in [0.1, 0.15) is 0 Å². The number of rotatable bonds is 4. The predicted octanol–water partition coefficient (Wildman–Crippen LogP) is 9.17. The highest BCUT2D eigenvalue weighted by Gasteiger charge is 2.18. The number of nitrogens with zero attached hydrogens (tertiary/aromatic N) is 3. The number of benzene rings is 7. The molecule has 0 bridgehead atoms. The van der Waals surface area contributed by atoms with Crippen LogP contribution in [0.25, 0.3) is 71.9 Å². The zero-order valence-electron chi connectivity index (χ0n) is 21.1. The standard InChI is InChI=1S/C36H23N3/c1-3-8-28(9-4-1)35-37-38-36(39(35)30-12-5-2-6-13-30)29-18-14-24(15-19-29)31-22-20-27-17-16-25-10-7-11-26-21-23-32(31)34(27)33(25)26/h1-23H. The molecule has 0 aliphatic rings. The van der Waals surface area contributed by atoms with Gasteiger partial charge in [0.05, 0.1) is 0 Å². The maximum atomic E-state index is 4.66. The van der Waals surface area contributed by atoms with Crippen LogP contribution in [0.15, 0.2) is 140 Å². The van der Waals surface area contributed by atoms with Gasteiger partial charge in [-0.1, -0.05) is 127 Å². The van der Waals surface area contributed by atoms with Gasteiger partial charge in [-0.3, -0.25) is 4.57 Å². The lowest BCUT2D eigenvalue weighted by Gasteiger charge is -2.14. The van der Waals surface area contributed by atoms with E-state index in [2.05, 4.69) is 118 Å². The lowest BCUT2D eigenvalue weighted by molar-refractivity contribution is 1.07. The van der Waals surface area contributed by atoms with Gasteiger partial charge in [-0.2, -0.15) is 0 Å². The summed E-state index contributed by atoms with van der Waals surface area (Å²) in [6, 6.07) is 49.3. The minimum Gasteiger partial charge on any atom is -0.275 e. The van der Waals surface area contributed by atoms with Crippen LogP contribution in [0.3, 0.4) is 0 Å². The third kappa shape index (κ3) is 3.44. The Balaban J connectivity index is 1.27. The Hall–Kier alpha value is -5.28. The smallest absolute Gasteiger partial charge is 0.168 e. The van der Waals surface area contributed by atoms with Crippen molar-refractivity contribution in [1.82, 2.24) is 14.8 Å². The second kappa shape index (κ2) is 8.64. The van der Waals surface area contributed by atoms with Crippen LogP contribution in [0.5, 0.6) is 0 Å². The highest BCUT2D eigenvalue weighted by molar-refractivity contribution is 6.25. The van der Waals surface area contributed by atoms with Gasteiger partial charge in [-0.05, 0) is 55.6 Å².